The molecule has 1 aliphatic heterocycles. The lowest BCUT2D eigenvalue weighted by Gasteiger charge is -2.37. The number of nitrogens with zero attached hydrogens (tertiary/aromatic N) is 1. The number of nitrogens with one attached hydrogen (secondary N) is 3. The van der Waals surface area contributed by atoms with E-state index in [1.165, 1.54) is 0 Å². The topological polar surface area (TPSA) is 105 Å². The van der Waals surface area contributed by atoms with E-state index in [1.54, 1.807) is 31.4 Å². The molecule has 0 atom stereocenters. The number of rotatable bonds is 6. The number of carbonyl (C=O) groups is 1. The lowest BCUT2D eigenvalue weighted by molar-refractivity contribution is -0.122. The zero-order valence-electron chi connectivity index (χ0n) is 14.8. The zero-order valence-corrected chi connectivity index (χ0v) is 14.8. The van der Waals surface area contributed by atoms with Crippen LogP contribution in [0.3, 0.4) is 0 Å². The first kappa shape index (κ1) is 18.3. The molecule has 1 fully saturated rings. The fourth-order valence-corrected chi connectivity index (χ4v) is 3.46. The number of piperidine rings is 1. The number of carbonyl (C=O) groups excluding carboxylic acids is 1. The molecule has 0 saturated carbocycles. The highest BCUT2D eigenvalue weighted by Crippen LogP contribution is 2.28. The molecule has 0 spiro atoms. The van der Waals surface area contributed by atoms with Crippen LogP contribution < -0.4 is 21.9 Å². The number of fused-ring (bicyclic) bond motifs is 1. The number of ether oxygens (including phenoxy) is 1. The van der Waals surface area contributed by atoms with Crippen LogP contribution in [0, 0.1) is 5.41 Å². The number of para-hydroxylation sites is 1. The second-order valence-electron chi connectivity index (χ2n) is 6.83. The van der Waals surface area contributed by atoms with Crippen molar-refractivity contribution in [3.05, 3.63) is 45.1 Å². The molecule has 8 heteroatoms. The fraction of sp³-hybridized carbons (Fsp3) is 0.500. The predicted octanol–water partition coefficient (Wildman–Crippen LogP) is -0.178. The van der Waals surface area contributed by atoms with Crippen LogP contribution in [0.2, 0.25) is 0 Å². The average Bonchev–Trinajstić information content (AvgIpc) is 2.65. The van der Waals surface area contributed by atoms with Gasteiger partial charge in [0, 0.05) is 19.1 Å². The minimum atomic E-state index is -0.586. The van der Waals surface area contributed by atoms with Crippen molar-refractivity contribution in [2.24, 2.45) is 5.41 Å². The van der Waals surface area contributed by atoms with Crippen LogP contribution in [0.4, 0.5) is 0 Å². The third kappa shape index (κ3) is 3.86. The highest BCUT2D eigenvalue weighted by atomic mass is 16.5. The van der Waals surface area contributed by atoms with Crippen LogP contribution >= 0.6 is 0 Å². The molecule has 8 nitrogen and oxygen atoms in total. The first-order valence-corrected chi connectivity index (χ1v) is 8.73. The van der Waals surface area contributed by atoms with Crippen molar-refractivity contribution in [3.8, 4) is 0 Å². The molecule has 0 aliphatic carbocycles. The number of hydrogen-bond donors (Lipinski definition) is 3. The Bertz CT molecular complexity index is 890. The van der Waals surface area contributed by atoms with Gasteiger partial charge in [-0.25, -0.2) is 4.79 Å². The Hall–Kier alpha value is -2.45. The molecule has 0 unspecified atom stereocenters. The third-order valence-corrected chi connectivity index (χ3v) is 4.97. The molecule has 140 valence electrons. The van der Waals surface area contributed by atoms with Gasteiger partial charge >= 0.3 is 5.69 Å². The van der Waals surface area contributed by atoms with Gasteiger partial charge in [0.1, 0.15) is 6.54 Å². The van der Waals surface area contributed by atoms with Crippen molar-refractivity contribution in [2.45, 2.75) is 19.4 Å². The van der Waals surface area contributed by atoms with E-state index in [-0.39, 0.29) is 17.9 Å². The van der Waals surface area contributed by atoms with Crippen LogP contribution in [-0.2, 0) is 16.1 Å². The van der Waals surface area contributed by atoms with Crippen molar-refractivity contribution >= 4 is 16.8 Å². The third-order valence-electron chi connectivity index (χ3n) is 4.97. The molecule has 1 aromatic heterocycles. The van der Waals surface area contributed by atoms with Crippen LogP contribution in [0.5, 0.6) is 0 Å². The van der Waals surface area contributed by atoms with Gasteiger partial charge in [0.25, 0.3) is 5.56 Å². The van der Waals surface area contributed by atoms with Gasteiger partial charge in [-0.2, -0.15) is 0 Å². The average molecular weight is 360 g/mol. The molecule has 3 rings (SSSR count). The molecule has 0 bridgehead atoms. The molecule has 1 aliphatic rings. The molecule has 1 amide bonds. The Morgan fingerprint density at radius 2 is 2.00 bits per heavy atom. The Morgan fingerprint density at radius 1 is 1.27 bits per heavy atom. The summed E-state index contributed by atoms with van der Waals surface area (Å²) in [6.07, 6.45) is 1.80. The number of aromatic nitrogens is 2. The second kappa shape index (κ2) is 7.84. The number of aromatic amines is 1. The summed E-state index contributed by atoms with van der Waals surface area (Å²) >= 11 is 0. The summed E-state index contributed by atoms with van der Waals surface area (Å²) in [5, 5.41) is 6.55. The number of amides is 1. The maximum Gasteiger partial charge on any atom is 0.329 e. The Balaban J connectivity index is 1.73. The largest absolute Gasteiger partial charge is 0.384 e. The summed E-state index contributed by atoms with van der Waals surface area (Å²) in [5.74, 6) is -0.359. The van der Waals surface area contributed by atoms with Gasteiger partial charge in [0.15, 0.2) is 0 Å². The molecule has 2 heterocycles. The number of hydrogen-bond acceptors (Lipinski definition) is 5. The first-order chi connectivity index (χ1) is 12.5. The molecular formula is C18H24N4O4. The van der Waals surface area contributed by atoms with Crippen molar-refractivity contribution in [1.29, 1.82) is 0 Å². The minimum Gasteiger partial charge on any atom is -0.384 e. The van der Waals surface area contributed by atoms with E-state index >= 15 is 0 Å². The highest BCUT2D eigenvalue weighted by Gasteiger charge is 2.32. The lowest BCUT2D eigenvalue weighted by Crippen LogP contribution is -2.48. The standard InChI is InChI=1S/C18H24N4O4/c1-26-12-18(6-8-19-9-7-18)11-20-15(23)10-22-16(24)13-4-2-3-5-14(13)21-17(22)25/h2-5,19H,6-12H2,1H3,(H,20,23)(H,21,25). The van der Waals surface area contributed by atoms with Gasteiger partial charge in [-0.1, -0.05) is 12.1 Å². The van der Waals surface area contributed by atoms with Crippen molar-refractivity contribution in [1.82, 2.24) is 20.2 Å². The van der Waals surface area contributed by atoms with Crippen LogP contribution in [-0.4, -0.2) is 48.8 Å². The lowest BCUT2D eigenvalue weighted by atomic mass is 9.79. The highest BCUT2D eigenvalue weighted by molar-refractivity contribution is 5.78. The Kier molecular flexibility index (Phi) is 5.53. The van der Waals surface area contributed by atoms with Crippen LogP contribution in [0.25, 0.3) is 10.9 Å². The minimum absolute atomic E-state index is 0.115. The summed E-state index contributed by atoms with van der Waals surface area (Å²) < 4.78 is 6.27. The summed E-state index contributed by atoms with van der Waals surface area (Å²) in [4.78, 5) is 39.6. The van der Waals surface area contributed by atoms with E-state index in [0.717, 1.165) is 30.5 Å². The summed E-state index contributed by atoms with van der Waals surface area (Å²) in [6.45, 7) is 2.47. The van der Waals surface area contributed by atoms with E-state index in [1.807, 2.05) is 0 Å². The van der Waals surface area contributed by atoms with E-state index in [2.05, 4.69) is 15.6 Å². The maximum atomic E-state index is 12.5. The SMILES string of the molecule is COCC1(CNC(=O)Cn2c(=O)[nH]c3ccccc3c2=O)CCNCC1. The van der Waals surface area contributed by atoms with E-state index in [0.29, 0.717) is 24.1 Å². The maximum absolute atomic E-state index is 12.5. The Labute approximate surface area is 150 Å². The fourth-order valence-electron chi connectivity index (χ4n) is 3.46. The second-order valence-corrected chi connectivity index (χ2v) is 6.83. The smallest absolute Gasteiger partial charge is 0.329 e. The van der Waals surface area contributed by atoms with E-state index in [9.17, 15) is 14.4 Å². The van der Waals surface area contributed by atoms with Gasteiger partial charge in [0.2, 0.25) is 5.91 Å². The summed E-state index contributed by atoms with van der Waals surface area (Å²) in [5.41, 5.74) is -0.700. The Morgan fingerprint density at radius 3 is 2.73 bits per heavy atom. The van der Waals surface area contributed by atoms with Crippen molar-refractivity contribution in [3.63, 3.8) is 0 Å². The van der Waals surface area contributed by atoms with Gasteiger partial charge in [0.05, 0.1) is 17.5 Å². The normalized spacial score (nSPS) is 16.5. The van der Waals surface area contributed by atoms with E-state index < -0.39 is 11.2 Å². The zero-order chi connectivity index (χ0) is 18.6. The monoisotopic (exact) mass is 360 g/mol. The van der Waals surface area contributed by atoms with E-state index in [4.69, 9.17) is 4.74 Å². The number of benzene rings is 1. The molecule has 1 saturated heterocycles. The molecule has 26 heavy (non-hydrogen) atoms. The number of H-pyrrole nitrogens is 1. The number of methoxy groups -OCH3 is 1. The molecular weight excluding hydrogens is 336 g/mol. The van der Waals surface area contributed by atoms with Gasteiger partial charge in [-0.15, -0.1) is 0 Å². The summed E-state index contributed by atoms with van der Waals surface area (Å²) in [7, 11) is 1.65. The molecule has 3 N–H and O–H groups in total. The predicted molar refractivity (Wildman–Crippen MR) is 98.3 cm³/mol. The molecule has 2 aromatic rings. The van der Waals surface area contributed by atoms with Crippen molar-refractivity contribution in [2.75, 3.05) is 33.4 Å². The van der Waals surface area contributed by atoms with Crippen molar-refractivity contribution < 1.29 is 9.53 Å². The first-order valence-electron chi connectivity index (χ1n) is 8.73. The van der Waals surface area contributed by atoms with Gasteiger partial charge < -0.3 is 20.4 Å². The molecule has 0 radical (unpaired) electrons. The quantitative estimate of drug-likeness (QED) is 0.663. The molecule has 1 aromatic carbocycles. The van der Waals surface area contributed by atoms with Crippen LogP contribution in [0.15, 0.2) is 33.9 Å². The van der Waals surface area contributed by atoms with Gasteiger partial charge in [-0.05, 0) is 38.1 Å². The van der Waals surface area contributed by atoms with Crippen LogP contribution in [0.1, 0.15) is 12.8 Å². The summed E-state index contributed by atoms with van der Waals surface area (Å²) in [6, 6.07) is 6.75. The van der Waals surface area contributed by atoms with Gasteiger partial charge in [-0.3, -0.25) is 14.2 Å².